The van der Waals surface area contributed by atoms with Gasteiger partial charge in [-0.1, -0.05) is 102 Å². The van der Waals surface area contributed by atoms with Crippen LogP contribution < -0.4 is 0 Å². The van der Waals surface area contributed by atoms with Crippen molar-refractivity contribution in [1.29, 1.82) is 0 Å². The Morgan fingerprint density at radius 1 is 0.818 bits per heavy atom. The molecule has 0 aliphatic carbocycles. The summed E-state index contributed by atoms with van der Waals surface area (Å²) < 4.78 is 34.1. The van der Waals surface area contributed by atoms with E-state index >= 15 is 0 Å². The van der Waals surface area contributed by atoms with Gasteiger partial charge < -0.3 is 9.84 Å². The molecule has 0 amide bonds. The fraction of sp³-hybridized carbons (Fsp3) is 0.731. The van der Waals surface area contributed by atoms with Crippen molar-refractivity contribution >= 4 is 16.1 Å². The number of ether oxygens (including phenoxy) is 1. The Kier molecular flexibility index (Phi) is 16.1. The summed E-state index contributed by atoms with van der Waals surface area (Å²) in [5.41, 5.74) is 0.935. The number of benzene rings is 1. The first kappa shape index (κ1) is 29.6. The van der Waals surface area contributed by atoms with Gasteiger partial charge in [0.15, 0.2) is 0 Å². The molecule has 0 saturated carbocycles. The van der Waals surface area contributed by atoms with E-state index in [-0.39, 0.29) is 17.5 Å². The molecule has 6 nitrogen and oxygen atoms in total. The highest BCUT2D eigenvalue weighted by Gasteiger charge is 2.18. The number of aliphatic hydroxyl groups excluding tert-OH is 1. The number of unbranched alkanes of at least 4 members (excludes halogenated alkanes) is 12. The highest BCUT2D eigenvalue weighted by molar-refractivity contribution is 7.86. The average molecular weight is 485 g/mol. The molecule has 190 valence electrons. The van der Waals surface area contributed by atoms with Crippen molar-refractivity contribution < 1.29 is 27.2 Å². The highest BCUT2D eigenvalue weighted by atomic mass is 32.2. The lowest BCUT2D eigenvalue weighted by molar-refractivity contribution is -0.147. The first-order valence-electron chi connectivity index (χ1n) is 12.6. The van der Waals surface area contributed by atoms with E-state index in [0.717, 1.165) is 24.8 Å². The summed E-state index contributed by atoms with van der Waals surface area (Å²) in [4.78, 5) is 11.8. The number of aryl methyl sites for hydroxylation is 1. The minimum atomic E-state index is -3.95. The van der Waals surface area contributed by atoms with Crippen LogP contribution in [0.1, 0.15) is 102 Å². The Morgan fingerprint density at radius 3 is 1.82 bits per heavy atom. The Balaban J connectivity index is 1.99. The third-order valence-corrected chi connectivity index (χ3v) is 6.94. The summed E-state index contributed by atoms with van der Waals surface area (Å²) >= 11 is 0. The van der Waals surface area contributed by atoms with E-state index in [1.165, 1.54) is 76.3 Å². The molecular weight excluding hydrogens is 440 g/mol. The molecule has 0 heterocycles. The maximum atomic E-state index is 12.1. The van der Waals surface area contributed by atoms with Crippen LogP contribution in [0.25, 0.3) is 0 Å². The topological polar surface area (TPSA) is 89.9 Å². The summed E-state index contributed by atoms with van der Waals surface area (Å²) in [5.74, 6) is -0.376. The molecular formula is C26H44O6S. The van der Waals surface area contributed by atoms with E-state index < -0.39 is 22.8 Å². The molecule has 1 aromatic rings. The van der Waals surface area contributed by atoms with Crippen molar-refractivity contribution in [2.45, 2.75) is 115 Å². The molecule has 0 fully saturated rings. The zero-order valence-corrected chi connectivity index (χ0v) is 21.4. The van der Waals surface area contributed by atoms with Crippen LogP contribution in [0, 0.1) is 6.92 Å². The van der Waals surface area contributed by atoms with Gasteiger partial charge in [0.2, 0.25) is 0 Å². The second-order valence-electron chi connectivity index (χ2n) is 8.88. The predicted octanol–water partition coefficient (Wildman–Crippen LogP) is 6.09. The zero-order chi connectivity index (χ0) is 24.4. The molecule has 1 N–H and O–H groups in total. The molecule has 0 spiro atoms. The van der Waals surface area contributed by atoms with Crippen LogP contribution in [0.4, 0.5) is 0 Å². The van der Waals surface area contributed by atoms with Gasteiger partial charge in [0.1, 0.15) is 12.7 Å². The fourth-order valence-electron chi connectivity index (χ4n) is 3.54. The molecule has 1 atom stereocenters. The Hall–Kier alpha value is -1.44. The predicted molar refractivity (Wildman–Crippen MR) is 132 cm³/mol. The second kappa shape index (κ2) is 18.0. The Bertz CT molecular complexity index is 730. The zero-order valence-electron chi connectivity index (χ0n) is 20.6. The van der Waals surface area contributed by atoms with Crippen molar-refractivity contribution in [1.82, 2.24) is 0 Å². The monoisotopic (exact) mass is 484 g/mol. The van der Waals surface area contributed by atoms with Gasteiger partial charge in [0.05, 0.1) is 11.5 Å². The van der Waals surface area contributed by atoms with E-state index in [4.69, 9.17) is 8.92 Å². The van der Waals surface area contributed by atoms with Gasteiger partial charge in [-0.25, -0.2) is 0 Å². The van der Waals surface area contributed by atoms with Crippen LogP contribution in [0.15, 0.2) is 29.2 Å². The van der Waals surface area contributed by atoms with Gasteiger partial charge in [-0.3, -0.25) is 8.98 Å². The molecule has 33 heavy (non-hydrogen) atoms. The average Bonchev–Trinajstić information content (AvgIpc) is 2.79. The third kappa shape index (κ3) is 15.2. The summed E-state index contributed by atoms with van der Waals surface area (Å²) in [6.07, 6.45) is 15.2. The summed E-state index contributed by atoms with van der Waals surface area (Å²) in [7, 11) is -3.95. The summed E-state index contributed by atoms with van der Waals surface area (Å²) in [6.45, 7) is 3.37. The quantitative estimate of drug-likeness (QED) is 0.137. The maximum absolute atomic E-state index is 12.1. The number of hydrogen-bond acceptors (Lipinski definition) is 6. The number of rotatable bonds is 20. The molecule has 0 bridgehead atoms. The lowest BCUT2D eigenvalue weighted by Gasteiger charge is -2.12. The van der Waals surface area contributed by atoms with Gasteiger partial charge in [-0.05, 0) is 25.5 Å². The Labute approximate surface area is 201 Å². The number of carbonyl (C=O) groups excluding carboxylic acids is 1. The van der Waals surface area contributed by atoms with E-state index in [1.807, 2.05) is 6.92 Å². The molecule has 0 unspecified atom stereocenters. The summed E-state index contributed by atoms with van der Waals surface area (Å²) in [6, 6.07) is 6.25. The van der Waals surface area contributed by atoms with Gasteiger partial charge in [0.25, 0.3) is 10.1 Å². The first-order valence-corrected chi connectivity index (χ1v) is 14.1. The van der Waals surface area contributed by atoms with Crippen LogP contribution in [0.3, 0.4) is 0 Å². The van der Waals surface area contributed by atoms with Crippen molar-refractivity contribution in [2.24, 2.45) is 0 Å². The standard InChI is InChI=1S/C26H44O6S/c1-3-4-5-6-7-8-9-10-11-12-13-14-15-16-26(28)31-21-24(27)22-32-33(29,30)25-19-17-23(2)18-20-25/h17-20,24,27H,3-16,21-22H2,1-2H3/t24-/m0/s1. The smallest absolute Gasteiger partial charge is 0.305 e. The second-order valence-corrected chi connectivity index (χ2v) is 10.5. The molecule has 1 aromatic carbocycles. The lowest BCUT2D eigenvalue weighted by Crippen LogP contribution is -2.25. The van der Waals surface area contributed by atoms with Crippen molar-refractivity contribution in [3.05, 3.63) is 29.8 Å². The van der Waals surface area contributed by atoms with Crippen LogP contribution >= 0.6 is 0 Å². The molecule has 1 rings (SSSR count). The lowest BCUT2D eigenvalue weighted by atomic mass is 10.0. The van der Waals surface area contributed by atoms with Crippen LogP contribution in [0.5, 0.6) is 0 Å². The number of carbonyl (C=O) groups is 1. The highest BCUT2D eigenvalue weighted by Crippen LogP contribution is 2.14. The van der Waals surface area contributed by atoms with Crippen LogP contribution in [-0.4, -0.2) is 38.8 Å². The molecule has 7 heteroatoms. The largest absolute Gasteiger partial charge is 0.463 e. The molecule has 0 aliphatic rings. The van der Waals surface area contributed by atoms with Crippen molar-refractivity contribution in [3.8, 4) is 0 Å². The van der Waals surface area contributed by atoms with Crippen molar-refractivity contribution in [3.63, 3.8) is 0 Å². The fourth-order valence-corrected chi connectivity index (χ4v) is 4.48. The van der Waals surface area contributed by atoms with Gasteiger partial charge >= 0.3 is 5.97 Å². The summed E-state index contributed by atoms with van der Waals surface area (Å²) in [5, 5.41) is 9.87. The number of esters is 1. The molecule has 0 aromatic heterocycles. The van der Waals surface area contributed by atoms with Crippen LogP contribution in [0.2, 0.25) is 0 Å². The number of hydrogen-bond donors (Lipinski definition) is 1. The maximum Gasteiger partial charge on any atom is 0.305 e. The SMILES string of the molecule is CCCCCCCCCCCCCCCC(=O)OC[C@H](O)COS(=O)(=O)c1ccc(C)cc1. The van der Waals surface area contributed by atoms with Gasteiger partial charge in [-0.15, -0.1) is 0 Å². The van der Waals surface area contributed by atoms with E-state index in [2.05, 4.69) is 6.92 Å². The van der Waals surface area contributed by atoms with Gasteiger partial charge in [0, 0.05) is 6.42 Å². The van der Waals surface area contributed by atoms with E-state index in [1.54, 1.807) is 12.1 Å². The Morgan fingerprint density at radius 2 is 1.30 bits per heavy atom. The normalized spacial score (nSPS) is 12.6. The minimum absolute atomic E-state index is 0.0275. The first-order chi connectivity index (χ1) is 15.8. The number of aliphatic hydroxyl groups is 1. The molecule has 0 aliphatic heterocycles. The minimum Gasteiger partial charge on any atom is -0.463 e. The third-order valence-electron chi connectivity index (χ3n) is 5.65. The molecule has 0 radical (unpaired) electrons. The van der Waals surface area contributed by atoms with Crippen molar-refractivity contribution in [2.75, 3.05) is 13.2 Å². The molecule has 0 saturated heterocycles. The van der Waals surface area contributed by atoms with Crippen LogP contribution in [-0.2, 0) is 23.8 Å². The van der Waals surface area contributed by atoms with Gasteiger partial charge in [-0.2, -0.15) is 8.42 Å². The van der Waals surface area contributed by atoms with E-state index in [9.17, 15) is 18.3 Å². The van der Waals surface area contributed by atoms with E-state index in [0.29, 0.717) is 6.42 Å².